The predicted molar refractivity (Wildman–Crippen MR) is 84.2 cm³/mol. The second-order valence-corrected chi connectivity index (χ2v) is 6.69. The number of halogens is 2. The Bertz CT molecular complexity index is 658. The van der Waals surface area contributed by atoms with Gasteiger partial charge in [0.15, 0.2) is 0 Å². The molecule has 106 valence electrons. The fraction of sp³-hybridized carbons (Fsp3) is 0.231. The second kappa shape index (κ2) is 5.99. The molecular weight excluding hydrogens is 319 g/mol. The van der Waals surface area contributed by atoms with Gasteiger partial charge in [0.1, 0.15) is 0 Å². The predicted octanol–water partition coefficient (Wildman–Crippen LogP) is 5.44. The Labute approximate surface area is 130 Å². The molecule has 1 aromatic heterocycles. The van der Waals surface area contributed by atoms with Crippen molar-refractivity contribution in [3.63, 3.8) is 0 Å². The van der Waals surface area contributed by atoms with Gasteiger partial charge < -0.3 is 5.32 Å². The first kappa shape index (κ1) is 15.1. The first-order valence-electron chi connectivity index (χ1n) is 5.85. The van der Waals surface area contributed by atoms with Gasteiger partial charge in [-0.05, 0) is 31.5 Å². The van der Waals surface area contributed by atoms with Crippen molar-refractivity contribution in [3.8, 4) is 0 Å². The fourth-order valence-corrected chi connectivity index (χ4v) is 3.53. The summed E-state index contributed by atoms with van der Waals surface area (Å²) in [6.45, 7) is 3.79. The third kappa shape index (κ3) is 3.23. The molecule has 0 aliphatic carbocycles. The van der Waals surface area contributed by atoms with Crippen LogP contribution >= 0.6 is 34.5 Å². The average Bonchev–Trinajstić information content (AvgIpc) is 2.70. The highest BCUT2D eigenvalue weighted by atomic mass is 35.5. The zero-order valence-electron chi connectivity index (χ0n) is 10.8. The summed E-state index contributed by atoms with van der Waals surface area (Å²) < 4.78 is 1.29. The maximum atomic E-state index is 10.7. The minimum absolute atomic E-state index is 0.0357. The Balaban J connectivity index is 2.22. The molecule has 1 heterocycles. The molecular formula is C13H12Cl2N2O2S. The van der Waals surface area contributed by atoms with E-state index in [4.69, 9.17) is 23.2 Å². The van der Waals surface area contributed by atoms with E-state index in [-0.39, 0.29) is 11.7 Å². The van der Waals surface area contributed by atoms with Crippen molar-refractivity contribution in [2.24, 2.45) is 0 Å². The number of rotatable bonds is 4. The number of nitrogens with one attached hydrogen (secondary N) is 1. The van der Waals surface area contributed by atoms with E-state index < -0.39 is 4.92 Å². The number of benzene rings is 1. The first-order valence-corrected chi connectivity index (χ1v) is 7.42. The molecule has 7 heteroatoms. The number of nitro groups is 1. The van der Waals surface area contributed by atoms with Crippen molar-refractivity contribution in [2.75, 3.05) is 5.32 Å². The lowest BCUT2D eigenvalue weighted by Crippen LogP contribution is -2.07. The van der Waals surface area contributed by atoms with Crippen LogP contribution in [-0.4, -0.2) is 4.92 Å². The van der Waals surface area contributed by atoms with Gasteiger partial charge in [-0.1, -0.05) is 23.2 Å². The number of hydrogen-bond donors (Lipinski definition) is 1. The summed E-state index contributed by atoms with van der Waals surface area (Å²) in [5.41, 5.74) is 2.64. The van der Waals surface area contributed by atoms with Gasteiger partial charge in [-0.3, -0.25) is 10.1 Å². The van der Waals surface area contributed by atoms with Crippen molar-refractivity contribution in [1.82, 2.24) is 0 Å². The van der Waals surface area contributed by atoms with E-state index in [0.717, 1.165) is 16.8 Å². The number of aryl methyl sites for hydroxylation is 1. The lowest BCUT2D eigenvalue weighted by atomic mass is 10.1. The maximum absolute atomic E-state index is 10.7. The molecule has 2 aromatic rings. The topological polar surface area (TPSA) is 55.2 Å². The van der Waals surface area contributed by atoms with E-state index in [0.29, 0.717) is 8.67 Å². The molecule has 1 aromatic carbocycles. The summed E-state index contributed by atoms with van der Waals surface area (Å²) in [7, 11) is 0. The SMILES string of the molecule is Cc1cc([N+](=O)[O-])ccc1NC(C)c1cc(Cl)sc1Cl. The normalized spacial score (nSPS) is 12.2. The van der Waals surface area contributed by atoms with Gasteiger partial charge in [0, 0.05) is 23.4 Å². The third-order valence-electron chi connectivity index (χ3n) is 2.94. The van der Waals surface area contributed by atoms with Crippen molar-refractivity contribution in [3.05, 3.63) is 54.2 Å². The zero-order valence-corrected chi connectivity index (χ0v) is 13.1. The largest absolute Gasteiger partial charge is 0.378 e. The average molecular weight is 331 g/mol. The standard InChI is InChI=1S/C13H12Cl2N2O2S/c1-7-5-9(17(18)19)3-4-11(7)16-8(2)10-6-12(14)20-13(10)15/h3-6,8,16H,1-2H3. The Kier molecular flexibility index (Phi) is 4.52. The Morgan fingerprint density at radius 1 is 1.35 bits per heavy atom. The molecule has 1 N–H and O–H groups in total. The zero-order chi connectivity index (χ0) is 14.9. The van der Waals surface area contributed by atoms with Crippen LogP contribution < -0.4 is 5.32 Å². The quantitative estimate of drug-likeness (QED) is 0.599. The lowest BCUT2D eigenvalue weighted by Gasteiger charge is -2.16. The summed E-state index contributed by atoms with van der Waals surface area (Å²) in [5, 5.41) is 14.0. The van der Waals surface area contributed by atoms with Crippen LogP contribution in [0.2, 0.25) is 8.67 Å². The van der Waals surface area contributed by atoms with E-state index in [1.54, 1.807) is 6.07 Å². The molecule has 0 radical (unpaired) electrons. The molecule has 4 nitrogen and oxygen atoms in total. The summed E-state index contributed by atoms with van der Waals surface area (Å²) in [6, 6.07) is 6.51. The number of non-ortho nitro benzene ring substituents is 1. The van der Waals surface area contributed by atoms with Crippen LogP contribution in [-0.2, 0) is 0 Å². The summed E-state index contributed by atoms with van der Waals surface area (Å²) in [5.74, 6) is 0. The first-order chi connectivity index (χ1) is 9.38. The van der Waals surface area contributed by atoms with E-state index in [1.807, 2.05) is 19.9 Å². The molecule has 20 heavy (non-hydrogen) atoms. The fourth-order valence-electron chi connectivity index (χ4n) is 1.88. The van der Waals surface area contributed by atoms with Crippen molar-refractivity contribution < 1.29 is 4.92 Å². The van der Waals surface area contributed by atoms with Crippen molar-refractivity contribution in [2.45, 2.75) is 19.9 Å². The van der Waals surface area contributed by atoms with Gasteiger partial charge in [-0.15, -0.1) is 11.3 Å². The number of nitrogens with zero attached hydrogens (tertiary/aromatic N) is 1. The van der Waals surface area contributed by atoms with Crippen molar-refractivity contribution in [1.29, 1.82) is 0 Å². The maximum Gasteiger partial charge on any atom is 0.269 e. The summed E-state index contributed by atoms with van der Waals surface area (Å²) in [4.78, 5) is 10.3. The van der Waals surface area contributed by atoms with Crippen LogP contribution in [0.4, 0.5) is 11.4 Å². The smallest absolute Gasteiger partial charge is 0.269 e. The minimum atomic E-state index is -0.407. The Morgan fingerprint density at radius 3 is 2.55 bits per heavy atom. The monoisotopic (exact) mass is 330 g/mol. The molecule has 0 aliphatic rings. The number of nitro benzene ring substituents is 1. The van der Waals surface area contributed by atoms with Crippen molar-refractivity contribution >= 4 is 45.9 Å². The highest BCUT2D eigenvalue weighted by Gasteiger charge is 2.15. The Hall–Kier alpha value is -1.30. The van der Waals surface area contributed by atoms with Crippen LogP contribution in [0, 0.1) is 17.0 Å². The highest BCUT2D eigenvalue weighted by molar-refractivity contribution is 7.20. The van der Waals surface area contributed by atoms with Crippen LogP contribution in [0.1, 0.15) is 24.1 Å². The molecule has 2 rings (SSSR count). The van der Waals surface area contributed by atoms with Crippen LogP contribution in [0.3, 0.4) is 0 Å². The number of thiophene rings is 1. The molecule has 1 unspecified atom stereocenters. The molecule has 0 spiro atoms. The summed E-state index contributed by atoms with van der Waals surface area (Å²) in [6.07, 6.45) is 0. The molecule has 0 aliphatic heterocycles. The molecule has 0 amide bonds. The number of anilines is 1. The molecule has 1 atom stereocenters. The molecule has 0 fully saturated rings. The lowest BCUT2D eigenvalue weighted by molar-refractivity contribution is -0.384. The molecule has 0 saturated carbocycles. The third-order valence-corrected chi connectivity index (χ3v) is 4.46. The van der Waals surface area contributed by atoms with Gasteiger partial charge in [0.25, 0.3) is 5.69 Å². The molecule has 0 saturated heterocycles. The van der Waals surface area contributed by atoms with Gasteiger partial charge in [-0.2, -0.15) is 0 Å². The Morgan fingerprint density at radius 2 is 2.05 bits per heavy atom. The van der Waals surface area contributed by atoms with E-state index in [2.05, 4.69) is 5.32 Å². The van der Waals surface area contributed by atoms with E-state index >= 15 is 0 Å². The van der Waals surface area contributed by atoms with Gasteiger partial charge in [0.2, 0.25) is 0 Å². The van der Waals surface area contributed by atoms with Gasteiger partial charge in [0.05, 0.1) is 19.6 Å². The van der Waals surface area contributed by atoms with E-state index in [9.17, 15) is 10.1 Å². The highest BCUT2D eigenvalue weighted by Crippen LogP contribution is 2.36. The number of hydrogen-bond acceptors (Lipinski definition) is 4. The summed E-state index contributed by atoms with van der Waals surface area (Å²) >= 11 is 13.4. The minimum Gasteiger partial charge on any atom is -0.378 e. The van der Waals surface area contributed by atoms with Gasteiger partial charge in [-0.25, -0.2) is 0 Å². The second-order valence-electron chi connectivity index (χ2n) is 4.40. The van der Waals surface area contributed by atoms with Gasteiger partial charge >= 0.3 is 0 Å². The van der Waals surface area contributed by atoms with E-state index in [1.165, 1.54) is 23.5 Å². The van der Waals surface area contributed by atoms with Crippen LogP contribution in [0.25, 0.3) is 0 Å². The van der Waals surface area contributed by atoms with Crippen LogP contribution in [0.5, 0.6) is 0 Å². The van der Waals surface area contributed by atoms with Crippen LogP contribution in [0.15, 0.2) is 24.3 Å². The molecule has 0 bridgehead atoms.